The van der Waals surface area contributed by atoms with Crippen LogP contribution in [0.4, 0.5) is 0 Å². The second-order valence-electron chi connectivity index (χ2n) is 8.56. The number of fused-ring (bicyclic) bond motifs is 2. The van der Waals surface area contributed by atoms with Crippen LogP contribution in [-0.2, 0) is 17.8 Å². The highest BCUT2D eigenvalue weighted by Gasteiger charge is 2.54. The number of hydrogen-bond donors (Lipinski definition) is 0. The van der Waals surface area contributed by atoms with Crippen LogP contribution >= 0.6 is 0 Å². The van der Waals surface area contributed by atoms with Crippen LogP contribution in [0.5, 0.6) is 0 Å². The molecule has 0 saturated carbocycles. The number of aryl methyl sites for hydroxylation is 2. The molecule has 28 heavy (non-hydrogen) atoms. The van der Waals surface area contributed by atoms with Crippen molar-refractivity contribution in [3.63, 3.8) is 0 Å². The molecule has 2 bridgehead atoms. The smallest absolute Gasteiger partial charge is 0.224 e. The Morgan fingerprint density at radius 1 is 1.14 bits per heavy atom. The fourth-order valence-electron chi connectivity index (χ4n) is 5.92. The van der Waals surface area contributed by atoms with Crippen LogP contribution in [0.25, 0.3) is 0 Å². The van der Waals surface area contributed by atoms with Gasteiger partial charge >= 0.3 is 0 Å². The van der Waals surface area contributed by atoms with Crippen molar-refractivity contribution in [2.75, 3.05) is 19.6 Å². The number of imidazole rings is 1. The topological polar surface area (TPSA) is 41.4 Å². The van der Waals surface area contributed by atoms with E-state index in [9.17, 15) is 4.79 Å². The summed E-state index contributed by atoms with van der Waals surface area (Å²) in [7, 11) is 0. The summed E-state index contributed by atoms with van der Waals surface area (Å²) in [5.74, 6) is 2.50. The van der Waals surface area contributed by atoms with E-state index >= 15 is 0 Å². The van der Waals surface area contributed by atoms with Crippen molar-refractivity contribution in [2.24, 2.45) is 5.92 Å². The van der Waals surface area contributed by atoms with Gasteiger partial charge in [-0.15, -0.1) is 0 Å². The summed E-state index contributed by atoms with van der Waals surface area (Å²) in [5, 5.41) is 0. The maximum absolute atomic E-state index is 13.3. The zero-order valence-corrected chi connectivity index (χ0v) is 16.7. The Kier molecular flexibility index (Phi) is 4.71. The van der Waals surface area contributed by atoms with E-state index in [1.165, 1.54) is 31.5 Å². The van der Waals surface area contributed by atoms with Gasteiger partial charge in [0.2, 0.25) is 5.91 Å². The quantitative estimate of drug-likeness (QED) is 0.803. The Bertz CT molecular complexity index is 824. The molecular weight excluding hydrogens is 348 g/mol. The van der Waals surface area contributed by atoms with Crippen molar-refractivity contribution >= 4 is 5.91 Å². The van der Waals surface area contributed by atoms with Crippen LogP contribution in [0.1, 0.15) is 43.5 Å². The van der Waals surface area contributed by atoms with Crippen LogP contribution in [-0.4, -0.2) is 57.0 Å². The molecule has 0 radical (unpaired) electrons. The molecule has 1 aromatic carbocycles. The van der Waals surface area contributed by atoms with Crippen LogP contribution < -0.4 is 0 Å². The highest BCUT2D eigenvalue weighted by molar-refractivity contribution is 5.77. The molecule has 5 nitrogen and oxygen atoms in total. The monoisotopic (exact) mass is 378 g/mol. The molecule has 1 aromatic heterocycles. The van der Waals surface area contributed by atoms with E-state index in [4.69, 9.17) is 0 Å². The summed E-state index contributed by atoms with van der Waals surface area (Å²) < 4.78 is 2.14. The molecule has 5 heterocycles. The molecule has 3 atom stereocenters. The fraction of sp³-hybridized carbons (Fsp3) is 0.565. The van der Waals surface area contributed by atoms with Gasteiger partial charge < -0.3 is 9.47 Å². The van der Waals surface area contributed by atoms with Gasteiger partial charge in [-0.25, -0.2) is 4.98 Å². The molecule has 5 heteroatoms. The van der Waals surface area contributed by atoms with Gasteiger partial charge in [0.15, 0.2) is 0 Å². The number of aromatic nitrogens is 2. The van der Waals surface area contributed by atoms with Crippen LogP contribution in [0.3, 0.4) is 0 Å². The first-order valence-corrected chi connectivity index (χ1v) is 10.8. The molecule has 0 unspecified atom stereocenters. The molecule has 4 aliphatic heterocycles. The van der Waals surface area contributed by atoms with Gasteiger partial charge in [-0.05, 0) is 37.4 Å². The van der Waals surface area contributed by atoms with E-state index < -0.39 is 0 Å². The fourth-order valence-corrected chi connectivity index (χ4v) is 5.92. The van der Waals surface area contributed by atoms with Gasteiger partial charge in [0.1, 0.15) is 5.82 Å². The first-order chi connectivity index (χ1) is 13.8. The SMILES string of the molecule is CCc1nccn1CCC(=O)N1C[C@H](c2ccccc2)[C@@H]2[C@H]1C1CCN2CC1. The zero-order valence-electron chi connectivity index (χ0n) is 16.7. The van der Waals surface area contributed by atoms with Crippen molar-refractivity contribution in [1.29, 1.82) is 0 Å². The molecule has 2 aromatic rings. The summed E-state index contributed by atoms with van der Waals surface area (Å²) in [6, 6.07) is 11.7. The van der Waals surface area contributed by atoms with Gasteiger partial charge in [-0.1, -0.05) is 37.3 Å². The lowest BCUT2D eigenvalue weighted by molar-refractivity contribution is -0.136. The van der Waals surface area contributed by atoms with Crippen molar-refractivity contribution in [3.8, 4) is 0 Å². The number of likely N-dealkylation sites (tertiary alicyclic amines) is 1. The third kappa shape index (κ3) is 2.96. The van der Waals surface area contributed by atoms with Crippen LogP contribution in [0, 0.1) is 5.92 Å². The van der Waals surface area contributed by atoms with Crippen LogP contribution in [0.2, 0.25) is 0 Å². The Morgan fingerprint density at radius 2 is 1.93 bits per heavy atom. The number of carbonyl (C=O) groups is 1. The molecule has 4 saturated heterocycles. The standard InChI is InChI=1S/C23H30N4O/c1-2-20-24-11-15-25(20)14-10-21(28)27-16-19(17-6-4-3-5-7-17)23-22(27)18-8-12-26(23)13-9-18/h3-7,11,15,18-19,22-23H,2,8-10,12-14,16H2,1H3/t19-,22-,23-/m1/s1. The van der Waals surface area contributed by atoms with E-state index in [1.807, 2.05) is 12.4 Å². The molecule has 0 N–H and O–H groups in total. The number of benzene rings is 1. The normalized spacial score (nSPS) is 31.2. The predicted octanol–water partition coefficient (Wildman–Crippen LogP) is 2.92. The van der Waals surface area contributed by atoms with E-state index in [2.05, 4.69) is 56.6 Å². The highest BCUT2D eigenvalue weighted by Crippen LogP contribution is 2.46. The van der Waals surface area contributed by atoms with E-state index in [0.717, 1.165) is 25.3 Å². The zero-order chi connectivity index (χ0) is 19.1. The summed E-state index contributed by atoms with van der Waals surface area (Å²) in [6.07, 6.45) is 7.80. The Morgan fingerprint density at radius 3 is 2.68 bits per heavy atom. The molecule has 148 valence electrons. The number of amides is 1. The largest absolute Gasteiger partial charge is 0.337 e. The van der Waals surface area contributed by atoms with Gasteiger partial charge in [0.25, 0.3) is 0 Å². The average Bonchev–Trinajstić information content (AvgIpc) is 3.39. The molecule has 6 rings (SSSR count). The minimum atomic E-state index is 0.318. The average molecular weight is 379 g/mol. The summed E-state index contributed by atoms with van der Waals surface area (Å²) >= 11 is 0. The second-order valence-corrected chi connectivity index (χ2v) is 8.56. The Hall–Kier alpha value is -2.14. The van der Waals surface area contributed by atoms with E-state index in [0.29, 0.717) is 36.2 Å². The molecular formula is C23H30N4O. The minimum absolute atomic E-state index is 0.318. The molecule has 4 fully saturated rings. The second kappa shape index (κ2) is 7.36. The van der Waals surface area contributed by atoms with Crippen molar-refractivity contribution < 1.29 is 4.79 Å². The number of nitrogens with zero attached hydrogens (tertiary/aromatic N) is 4. The molecule has 4 aliphatic rings. The first-order valence-electron chi connectivity index (χ1n) is 10.8. The van der Waals surface area contributed by atoms with Gasteiger partial charge in [-0.3, -0.25) is 9.69 Å². The number of piperidine rings is 3. The lowest BCUT2D eigenvalue weighted by Gasteiger charge is -2.51. The predicted molar refractivity (Wildman–Crippen MR) is 109 cm³/mol. The lowest BCUT2D eigenvalue weighted by Crippen LogP contribution is -2.60. The van der Waals surface area contributed by atoms with Crippen LogP contribution in [0.15, 0.2) is 42.7 Å². The van der Waals surface area contributed by atoms with Crippen molar-refractivity contribution in [2.45, 2.75) is 57.2 Å². The number of hydrogen-bond acceptors (Lipinski definition) is 3. The Balaban J connectivity index is 1.37. The van der Waals surface area contributed by atoms with Gasteiger partial charge in [0, 0.05) is 50.3 Å². The molecule has 0 aliphatic carbocycles. The maximum Gasteiger partial charge on any atom is 0.224 e. The minimum Gasteiger partial charge on any atom is -0.337 e. The van der Waals surface area contributed by atoms with Crippen molar-refractivity contribution in [3.05, 3.63) is 54.1 Å². The third-order valence-corrected chi connectivity index (χ3v) is 7.23. The number of rotatable bonds is 5. The van der Waals surface area contributed by atoms with Gasteiger partial charge in [0.05, 0.1) is 6.04 Å². The maximum atomic E-state index is 13.3. The summed E-state index contributed by atoms with van der Waals surface area (Å²) in [4.78, 5) is 22.6. The molecule has 1 amide bonds. The summed E-state index contributed by atoms with van der Waals surface area (Å²) in [5.41, 5.74) is 1.39. The highest BCUT2D eigenvalue weighted by atomic mass is 16.2. The Labute approximate surface area is 167 Å². The van der Waals surface area contributed by atoms with Crippen molar-refractivity contribution in [1.82, 2.24) is 19.4 Å². The third-order valence-electron chi connectivity index (χ3n) is 7.23. The van der Waals surface area contributed by atoms with E-state index in [-0.39, 0.29) is 0 Å². The van der Waals surface area contributed by atoms with Gasteiger partial charge in [-0.2, -0.15) is 0 Å². The first kappa shape index (κ1) is 17.9. The molecule has 0 spiro atoms. The summed E-state index contributed by atoms with van der Waals surface area (Å²) in [6.45, 7) is 6.12. The number of carbonyl (C=O) groups excluding carboxylic acids is 1. The van der Waals surface area contributed by atoms with E-state index in [1.54, 1.807) is 0 Å². The lowest BCUT2D eigenvalue weighted by atomic mass is 9.75.